The van der Waals surface area contributed by atoms with E-state index in [0.717, 1.165) is 6.07 Å². The van der Waals surface area contributed by atoms with Crippen LogP contribution in [-0.2, 0) is 0 Å². The molecule has 1 aromatic heterocycles. The largest absolute Gasteiger partial charge is 0.320 e. The minimum Gasteiger partial charge on any atom is -0.315 e. The molecule has 10 nitrogen and oxygen atoms in total. The minimum absolute atomic E-state index is 0.257. The first-order valence-electron chi connectivity index (χ1n) is 4.60. The summed E-state index contributed by atoms with van der Waals surface area (Å²) in [5, 5.41) is 20.9. The summed E-state index contributed by atoms with van der Waals surface area (Å²) in [6.45, 7) is 0. The lowest BCUT2D eigenvalue weighted by molar-refractivity contribution is -0.392. The normalized spacial score (nSPS) is 10.6. The summed E-state index contributed by atoms with van der Waals surface area (Å²) in [5.41, 5.74) is -4.45. The molecule has 19 heavy (non-hydrogen) atoms. The van der Waals surface area contributed by atoms with Crippen LogP contribution < -0.4 is 11.1 Å². The van der Waals surface area contributed by atoms with Crippen LogP contribution in [0.4, 0.5) is 11.4 Å². The van der Waals surface area contributed by atoms with Gasteiger partial charge in [-0.05, 0) is 0 Å². The topological polar surface area (TPSA) is 152 Å². The number of benzene rings is 1. The minimum atomic E-state index is -1.12. The molecular formula is C8H3ClN4O6. The average molecular weight is 287 g/mol. The van der Waals surface area contributed by atoms with Crippen molar-refractivity contribution in [2.45, 2.75) is 0 Å². The highest BCUT2D eigenvalue weighted by molar-refractivity contribution is 6.36. The van der Waals surface area contributed by atoms with E-state index in [1.807, 2.05) is 9.97 Å². The van der Waals surface area contributed by atoms with E-state index in [2.05, 4.69) is 0 Å². The van der Waals surface area contributed by atoms with Gasteiger partial charge in [0.15, 0.2) is 5.02 Å². The number of H-pyrrole nitrogens is 2. The highest BCUT2D eigenvalue weighted by Crippen LogP contribution is 2.37. The highest BCUT2D eigenvalue weighted by atomic mass is 35.5. The quantitative estimate of drug-likeness (QED) is 0.470. The fourth-order valence-corrected chi connectivity index (χ4v) is 1.80. The molecule has 0 aliphatic carbocycles. The molecule has 1 heterocycles. The van der Waals surface area contributed by atoms with Crippen LogP contribution in [0.5, 0.6) is 0 Å². The fraction of sp³-hybridized carbons (Fsp3) is 0. The average Bonchev–Trinajstić information content (AvgIpc) is 2.29. The first-order valence-corrected chi connectivity index (χ1v) is 4.98. The molecule has 0 bridgehead atoms. The number of aromatic nitrogens is 2. The van der Waals surface area contributed by atoms with E-state index < -0.39 is 37.4 Å². The summed E-state index contributed by atoms with van der Waals surface area (Å²) in [7, 11) is 0. The number of aromatic amines is 2. The molecular weight excluding hydrogens is 284 g/mol. The van der Waals surface area contributed by atoms with Gasteiger partial charge in [0.05, 0.1) is 15.4 Å². The third kappa shape index (κ3) is 1.93. The number of hydrogen-bond acceptors (Lipinski definition) is 6. The Bertz CT molecular complexity index is 837. The van der Waals surface area contributed by atoms with Gasteiger partial charge in [0.1, 0.15) is 5.52 Å². The summed E-state index contributed by atoms with van der Waals surface area (Å²) in [6, 6.07) is 0.835. The van der Waals surface area contributed by atoms with Crippen molar-refractivity contribution in [3.05, 3.63) is 52.0 Å². The SMILES string of the molecule is O=c1[nH]c2cc([N+](=O)[O-])c(Cl)c([N+](=O)[O-])c2[nH]c1=O. The van der Waals surface area contributed by atoms with E-state index in [0.29, 0.717) is 0 Å². The zero-order chi connectivity index (χ0) is 14.3. The molecule has 0 saturated carbocycles. The molecule has 98 valence electrons. The van der Waals surface area contributed by atoms with Crippen LogP contribution in [0.3, 0.4) is 0 Å². The second-order valence-corrected chi connectivity index (χ2v) is 3.78. The Morgan fingerprint density at radius 1 is 1.05 bits per heavy atom. The molecule has 0 radical (unpaired) electrons. The molecule has 0 saturated heterocycles. The molecule has 1 aromatic carbocycles. The molecule has 0 atom stereocenters. The maximum absolute atomic E-state index is 11.1. The lowest BCUT2D eigenvalue weighted by atomic mass is 10.2. The van der Waals surface area contributed by atoms with Gasteiger partial charge in [-0.15, -0.1) is 0 Å². The predicted molar refractivity (Wildman–Crippen MR) is 63.5 cm³/mol. The number of nitro groups is 2. The molecule has 0 fully saturated rings. The maximum atomic E-state index is 11.1. The third-order valence-corrected chi connectivity index (χ3v) is 2.66. The second-order valence-electron chi connectivity index (χ2n) is 3.40. The van der Waals surface area contributed by atoms with E-state index >= 15 is 0 Å². The molecule has 2 aromatic rings. The van der Waals surface area contributed by atoms with Crippen LogP contribution in [0.25, 0.3) is 11.0 Å². The van der Waals surface area contributed by atoms with Crippen molar-refractivity contribution in [1.82, 2.24) is 9.97 Å². The van der Waals surface area contributed by atoms with Gasteiger partial charge >= 0.3 is 16.8 Å². The van der Waals surface area contributed by atoms with Gasteiger partial charge in [-0.1, -0.05) is 11.6 Å². The molecule has 2 N–H and O–H groups in total. The predicted octanol–water partition coefficient (Wildman–Crippen LogP) is 0.686. The number of nitrogens with zero attached hydrogens (tertiary/aromatic N) is 2. The molecule has 0 amide bonds. The Morgan fingerprint density at radius 3 is 2.16 bits per heavy atom. The highest BCUT2D eigenvalue weighted by Gasteiger charge is 2.28. The van der Waals surface area contributed by atoms with Gasteiger partial charge < -0.3 is 9.97 Å². The lowest BCUT2D eigenvalue weighted by Gasteiger charge is -2.02. The van der Waals surface area contributed by atoms with Gasteiger partial charge in [-0.25, -0.2) is 0 Å². The van der Waals surface area contributed by atoms with Crippen LogP contribution in [0, 0.1) is 20.2 Å². The number of hydrogen-bond donors (Lipinski definition) is 2. The van der Waals surface area contributed by atoms with Crippen LogP contribution >= 0.6 is 11.6 Å². The Balaban J connectivity index is 3.09. The van der Waals surface area contributed by atoms with Crippen molar-refractivity contribution in [2.24, 2.45) is 0 Å². The van der Waals surface area contributed by atoms with Crippen LogP contribution in [0.1, 0.15) is 0 Å². The Morgan fingerprint density at radius 2 is 1.63 bits per heavy atom. The van der Waals surface area contributed by atoms with Crippen molar-refractivity contribution < 1.29 is 9.85 Å². The zero-order valence-corrected chi connectivity index (χ0v) is 9.56. The standard InChI is InChI=1S/C8H3ClN4O6/c9-4-3(12(16)17)1-2-5(6(4)13(18)19)11-8(15)7(14)10-2/h1H,(H,10,14)(H,11,15). The molecule has 0 aliphatic heterocycles. The second kappa shape index (κ2) is 4.17. The van der Waals surface area contributed by atoms with E-state index in [4.69, 9.17) is 11.6 Å². The Hall–Kier alpha value is -2.75. The smallest absolute Gasteiger partial charge is 0.315 e. The summed E-state index contributed by atoms with van der Waals surface area (Å²) >= 11 is 5.57. The van der Waals surface area contributed by atoms with Gasteiger partial charge in [-0.2, -0.15) is 0 Å². The molecule has 0 aliphatic rings. The molecule has 0 spiro atoms. The Labute approximate surface area is 106 Å². The fourth-order valence-electron chi connectivity index (χ4n) is 1.51. The van der Waals surface area contributed by atoms with Gasteiger partial charge in [0.25, 0.3) is 5.69 Å². The van der Waals surface area contributed by atoms with Crippen LogP contribution in [0.2, 0.25) is 5.02 Å². The van der Waals surface area contributed by atoms with Crippen molar-refractivity contribution in [3.63, 3.8) is 0 Å². The molecule has 2 rings (SSSR count). The summed E-state index contributed by atoms with van der Waals surface area (Å²) in [4.78, 5) is 45.9. The third-order valence-electron chi connectivity index (χ3n) is 2.29. The number of nitro benzene ring substituents is 2. The Kier molecular flexibility index (Phi) is 2.79. The van der Waals surface area contributed by atoms with Gasteiger partial charge in [0, 0.05) is 6.07 Å². The van der Waals surface area contributed by atoms with E-state index in [1.54, 1.807) is 0 Å². The summed E-state index contributed by atoms with van der Waals surface area (Å²) in [5.74, 6) is 0. The van der Waals surface area contributed by atoms with Crippen molar-refractivity contribution in [1.29, 1.82) is 0 Å². The number of rotatable bonds is 2. The van der Waals surface area contributed by atoms with Crippen molar-refractivity contribution in [2.75, 3.05) is 0 Å². The van der Waals surface area contributed by atoms with Gasteiger partial charge in [-0.3, -0.25) is 29.8 Å². The van der Waals surface area contributed by atoms with Crippen LogP contribution in [0.15, 0.2) is 15.7 Å². The van der Waals surface area contributed by atoms with E-state index in [9.17, 15) is 29.8 Å². The van der Waals surface area contributed by atoms with E-state index in [1.165, 1.54) is 0 Å². The number of fused-ring (bicyclic) bond motifs is 1. The lowest BCUT2D eigenvalue weighted by Crippen LogP contribution is -2.29. The van der Waals surface area contributed by atoms with Crippen LogP contribution in [-0.4, -0.2) is 19.8 Å². The van der Waals surface area contributed by atoms with Gasteiger partial charge in [0.2, 0.25) is 0 Å². The molecule has 0 unspecified atom stereocenters. The first kappa shape index (κ1) is 12.7. The van der Waals surface area contributed by atoms with Crippen molar-refractivity contribution >= 4 is 34.0 Å². The number of nitrogens with one attached hydrogen (secondary N) is 2. The maximum Gasteiger partial charge on any atom is 0.320 e. The summed E-state index contributed by atoms with van der Waals surface area (Å²) < 4.78 is 0. The monoisotopic (exact) mass is 286 g/mol. The molecule has 11 heteroatoms. The van der Waals surface area contributed by atoms with Crippen molar-refractivity contribution in [3.8, 4) is 0 Å². The summed E-state index contributed by atoms with van der Waals surface area (Å²) in [6.07, 6.45) is 0. The zero-order valence-electron chi connectivity index (χ0n) is 8.80. The number of halogens is 1. The first-order chi connectivity index (χ1) is 8.82. The van der Waals surface area contributed by atoms with E-state index in [-0.39, 0.29) is 11.0 Å².